The molecule has 0 saturated carbocycles. The summed E-state index contributed by atoms with van der Waals surface area (Å²) in [6, 6.07) is 9.54. The van der Waals surface area contributed by atoms with E-state index in [2.05, 4.69) is 5.32 Å². The number of methoxy groups -OCH3 is 1. The molecular weight excluding hydrogens is 292 g/mol. The molecule has 1 N–H and O–H groups in total. The van der Waals surface area contributed by atoms with Crippen molar-refractivity contribution < 1.29 is 23.0 Å². The van der Waals surface area contributed by atoms with Gasteiger partial charge < -0.3 is 14.8 Å². The third kappa shape index (κ3) is 4.44. The number of hydrogen-bond donors (Lipinski definition) is 1. The van der Waals surface area contributed by atoms with E-state index in [0.717, 1.165) is 0 Å². The molecule has 0 aromatic heterocycles. The second kappa shape index (κ2) is 7.40. The van der Waals surface area contributed by atoms with E-state index in [0.29, 0.717) is 11.3 Å². The SMILES string of the molecule is COc1ccc(F)cc1CNC(=O)COc1cccc(F)c1. The summed E-state index contributed by atoms with van der Waals surface area (Å²) in [4.78, 5) is 11.7. The number of ether oxygens (including phenoxy) is 2. The van der Waals surface area contributed by atoms with Gasteiger partial charge in [0.25, 0.3) is 5.91 Å². The van der Waals surface area contributed by atoms with Crippen LogP contribution in [0.25, 0.3) is 0 Å². The molecular formula is C16H15F2NO3. The third-order valence-corrected chi connectivity index (χ3v) is 2.88. The van der Waals surface area contributed by atoms with Gasteiger partial charge in [-0.1, -0.05) is 6.07 Å². The van der Waals surface area contributed by atoms with E-state index in [-0.39, 0.29) is 18.9 Å². The summed E-state index contributed by atoms with van der Waals surface area (Å²) in [6.07, 6.45) is 0. The Bertz CT molecular complexity index is 662. The second-order valence-corrected chi connectivity index (χ2v) is 4.48. The summed E-state index contributed by atoms with van der Waals surface area (Å²) in [6.45, 7) is -0.159. The number of carbonyl (C=O) groups is 1. The van der Waals surface area contributed by atoms with Crippen LogP contribution in [0.3, 0.4) is 0 Å². The molecule has 1 amide bonds. The molecule has 4 nitrogen and oxygen atoms in total. The summed E-state index contributed by atoms with van der Waals surface area (Å²) >= 11 is 0. The molecule has 0 aliphatic heterocycles. The highest BCUT2D eigenvalue weighted by molar-refractivity contribution is 5.77. The van der Waals surface area contributed by atoms with Gasteiger partial charge in [-0.3, -0.25) is 4.79 Å². The van der Waals surface area contributed by atoms with Gasteiger partial charge in [-0.15, -0.1) is 0 Å². The van der Waals surface area contributed by atoms with E-state index in [1.165, 1.54) is 43.5 Å². The normalized spacial score (nSPS) is 10.1. The van der Waals surface area contributed by atoms with Gasteiger partial charge in [0.05, 0.1) is 7.11 Å². The van der Waals surface area contributed by atoms with Gasteiger partial charge in [0.2, 0.25) is 0 Å². The van der Waals surface area contributed by atoms with E-state index in [9.17, 15) is 13.6 Å². The fourth-order valence-corrected chi connectivity index (χ4v) is 1.84. The van der Waals surface area contributed by atoms with E-state index in [1.54, 1.807) is 6.07 Å². The van der Waals surface area contributed by atoms with Crippen LogP contribution in [0.4, 0.5) is 8.78 Å². The molecule has 2 rings (SSSR count). The van der Waals surface area contributed by atoms with Crippen LogP contribution in [0, 0.1) is 11.6 Å². The zero-order valence-electron chi connectivity index (χ0n) is 11.9. The molecule has 2 aromatic rings. The number of rotatable bonds is 6. The molecule has 0 aliphatic carbocycles. The molecule has 0 saturated heterocycles. The lowest BCUT2D eigenvalue weighted by Crippen LogP contribution is -2.28. The predicted molar refractivity (Wildman–Crippen MR) is 76.7 cm³/mol. The zero-order valence-corrected chi connectivity index (χ0v) is 11.9. The van der Waals surface area contributed by atoms with Gasteiger partial charge in [-0.25, -0.2) is 8.78 Å². The molecule has 0 heterocycles. The monoisotopic (exact) mass is 307 g/mol. The Morgan fingerprint density at radius 3 is 2.64 bits per heavy atom. The summed E-state index contributed by atoms with van der Waals surface area (Å²) in [5, 5.41) is 2.58. The van der Waals surface area contributed by atoms with Crippen molar-refractivity contribution in [2.45, 2.75) is 6.54 Å². The lowest BCUT2D eigenvalue weighted by Gasteiger charge is -2.10. The fraction of sp³-hybridized carbons (Fsp3) is 0.188. The molecule has 0 atom stereocenters. The topological polar surface area (TPSA) is 47.6 Å². The number of amides is 1. The summed E-state index contributed by atoms with van der Waals surface area (Å²) in [5.74, 6) is -0.523. The Hall–Kier alpha value is -2.63. The van der Waals surface area contributed by atoms with Crippen LogP contribution in [-0.2, 0) is 11.3 Å². The van der Waals surface area contributed by atoms with Crippen LogP contribution in [0.15, 0.2) is 42.5 Å². The van der Waals surface area contributed by atoms with Gasteiger partial charge in [0.1, 0.15) is 23.1 Å². The smallest absolute Gasteiger partial charge is 0.258 e. The third-order valence-electron chi connectivity index (χ3n) is 2.88. The molecule has 2 aromatic carbocycles. The largest absolute Gasteiger partial charge is 0.496 e. The maximum Gasteiger partial charge on any atom is 0.258 e. The van der Waals surface area contributed by atoms with Gasteiger partial charge >= 0.3 is 0 Å². The lowest BCUT2D eigenvalue weighted by molar-refractivity contribution is -0.123. The second-order valence-electron chi connectivity index (χ2n) is 4.48. The number of halogens is 2. The van der Waals surface area contributed by atoms with Crippen LogP contribution in [0.2, 0.25) is 0 Å². The standard InChI is InChI=1S/C16H15F2NO3/c1-21-15-6-5-13(18)7-11(15)9-19-16(20)10-22-14-4-2-3-12(17)8-14/h2-8H,9-10H2,1H3,(H,19,20). The maximum absolute atomic E-state index is 13.2. The van der Waals surface area contributed by atoms with Crippen molar-refractivity contribution in [3.8, 4) is 11.5 Å². The number of benzene rings is 2. The molecule has 116 valence electrons. The van der Waals surface area contributed by atoms with Crippen molar-refractivity contribution >= 4 is 5.91 Å². The molecule has 0 bridgehead atoms. The average Bonchev–Trinajstić information content (AvgIpc) is 2.51. The minimum Gasteiger partial charge on any atom is -0.496 e. The Morgan fingerprint density at radius 1 is 1.14 bits per heavy atom. The maximum atomic E-state index is 13.2. The van der Waals surface area contributed by atoms with E-state index in [1.807, 2.05) is 0 Å². The van der Waals surface area contributed by atoms with Crippen molar-refractivity contribution in [2.24, 2.45) is 0 Å². The van der Waals surface area contributed by atoms with Gasteiger partial charge in [-0.05, 0) is 30.3 Å². The van der Waals surface area contributed by atoms with E-state index < -0.39 is 17.5 Å². The quantitative estimate of drug-likeness (QED) is 0.892. The highest BCUT2D eigenvalue weighted by atomic mass is 19.1. The number of hydrogen-bond acceptors (Lipinski definition) is 3. The molecule has 0 radical (unpaired) electrons. The summed E-state index contributed by atoms with van der Waals surface area (Å²) in [7, 11) is 1.46. The Kier molecular flexibility index (Phi) is 5.30. The van der Waals surface area contributed by atoms with Gasteiger partial charge in [-0.2, -0.15) is 0 Å². The highest BCUT2D eigenvalue weighted by Crippen LogP contribution is 2.19. The van der Waals surface area contributed by atoms with E-state index in [4.69, 9.17) is 9.47 Å². The van der Waals surface area contributed by atoms with Crippen LogP contribution in [-0.4, -0.2) is 19.6 Å². The molecule has 22 heavy (non-hydrogen) atoms. The van der Waals surface area contributed by atoms with E-state index >= 15 is 0 Å². The first-order valence-electron chi connectivity index (χ1n) is 6.56. The Labute approximate surface area is 126 Å². The predicted octanol–water partition coefficient (Wildman–Crippen LogP) is 2.67. The van der Waals surface area contributed by atoms with Crippen molar-refractivity contribution in [1.82, 2.24) is 5.32 Å². The molecule has 0 unspecified atom stereocenters. The minimum absolute atomic E-state index is 0.103. The fourth-order valence-electron chi connectivity index (χ4n) is 1.84. The zero-order chi connectivity index (χ0) is 15.9. The average molecular weight is 307 g/mol. The lowest BCUT2D eigenvalue weighted by atomic mass is 10.2. The summed E-state index contributed by atoms with van der Waals surface area (Å²) in [5.41, 5.74) is 0.515. The van der Waals surface area contributed by atoms with Gasteiger partial charge in [0.15, 0.2) is 6.61 Å². The minimum atomic E-state index is -0.442. The number of carbonyl (C=O) groups excluding carboxylic acids is 1. The molecule has 0 aliphatic rings. The molecule has 0 spiro atoms. The van der Waals surface area contributed by atoms with Crippen LogP contribution >= 0.6 is 0 Å². The summed E-state index contributed by atoms with van der Waals surface area (Å²) < 4.78 is 36.4. The Balaban J connectivity index is 1.86. The van der Waals surface area contributed by atoms with Gasteiger partial charge in [0, 0.05) is 18.2 Å². The van der Waals surface area contributed by atoms with Crippen molar-refractivity contribution in [2.75, 3.05) is 13.7 Å². The number of nitrogens with one attached hydrogen (secondary N) is 1. The first-order chi connectivity index (χ1) is 10.6. The first kappa shape index (κ1) is 15.8. The van der Waals surface area contributed by atoms with Crippen LogP contribution in [0.1, 0.15) is 5.56 Å². The molecule has 0 fully saturated rings. The molecule has 6 heteroatoms. The van der Waals surface area contributed by atoms with Crippen molar-refractivity contribution in [3.05, 3.63) is 59.7 Å². The Morgan fingerprint density at radius 2 is 1.91 bits per heavy atom. The van der Waals surface area contributed by atoms with Crippen LogP contribution < -0.4 is 14.8 Å². The highest BCUT2D eigenvalue weighted by Gasteiger charge is 2.08. The van der Waals surface area contributed by atoms with Crippen molar-refractivity contribution in [1.29, 1.82) is 0 Å². The van der Waals surface area contributed by atoms with Crippen molar-refractivity contribution in [3.63, 3.8) is 0 Å². The first-order valence-corrected chi connectivity index (χ1v) is 6.56. The van der Waals surface area contributed by atoms with Crippen LogP contribution in [0.5, 0.6) is 11.5 Å².